The van der Waals surface area contributed by atoms with Crippen LogP contribution in [0.4, 0.5) is 10.1 Å². The highest BCUT2D eigenvalue weighted by Crippen LogP contribution is 2.25. The lowest BCUT2D eigenvalue weighted by Gasteiger charge is -2.05. The fraction of sp³-hybridized carbons (Fsp3) is 0.0952. The average molecular weight is 379 g/mol. The first-order valence-electron chi connectivity index (χ1n) is 8.61. The second kappa shape index (κ2) is 8.77. The van der Waals surface area contributed by atoms with Gasteiger partial charge in [0.1, 0.15) is 11.6 Å². The number of aromatic hydroxyl groups is 1. The second-order valence-corrected chi connectivity index (χ2v) is 6.07. The molecule has 0 saturated carbocycles. The SMILES string of the molecule is O=C(CCC(=O)Nc1ccc(F)cc1)N/N=C/c1c(O)ccc2ccccc12. The maximum atomic E-state index is 12.8. The number of anilines is 1. The van der Waals surface area contributed by atoms with E-state index >= 15 is 0 Å². The molecular weight excluding hydrogens is 361 g/mol. The van der Waals surface area contributed by atoms with Crippen LogP contribution in [0.2, 0.25) is 0 Å². The molecule has 0 aliphatic carbocycles. The Labute approximate surface area is 160 Å². The highest BCUT2D eigenvalue weighted by Gasteiger charge is 2.08. The Morgan fingerprint density at radius 1 is 0.964 bits per heavy atom. The summed E-state index contributed by atoms with van der Waals surface area (Å²) in [4.78, 5) is 23.7. The van der Waals surface area contributed by atoms with Crippen molar-refractivity contribution in [2.75, 3.05) is 5.32 Å². The third kappa shape index (κ3) is 4.91. The van der Waals surface area contributed by atoms with Gasteiger partial charge in [0, 0.05) is 24.1 Å². The molecule has 3 aromatic rings. The molecule has 0 aromatic heterocycles. The van der Waals surface area contributed by atoms with Crippen molar-refractivity contribution in [3.05, 3.63) is 72.0 Å². The summed E-state index contributed by atoms with van der Waals surface area (Å²) < 4.78 is 12.8. The topological polar surface area (TPSA) is 90.8 Å². The van der Waals surface area contributed by atoms with Crippen LogP contribution in [0.15, 0.2) is 65.8 Å². The van der Waals surface area contributed by atoms with E-state index in [0.717, 1.165) is 10.8 Å². The molecule has 0 bridgehead atoms. The quantitative estimate of drug-likeness (QED) is 0.452. The van der Waals surface area contributed by atoms with E-state index in [0.29, 0.717) is 11.3 Å². The fourth-order valence-corrected chi connectivity index (χ4v) is 2.63. The van der Waals surface area contributed by atoms with Crippen molar-refractivity contribution in [3.63, 3.8) is 0 Å². The highest BCUT2D eigenvalue weighted by atomic mass is 19.1. The van der Waals surface area contributed by atoms with Crippen molar-refractivity contribution in [1.29, 1.82) is 0 Å². The zero-order chi connectivity index (χ0) is 19.9. The normalized spacial score (nSPS) is 10.9. The third-order valence-corrected chi connectivity index (χ3v) is 4.04. The Kier molecular flexibility index (Phi) is 5.96. The summed E-state index contributed by atoms with van der Waals surface area (Å²) in [5.41, 5.74) is 3.29. The van der Waals surface area contributed by atoms with E-state index in [4.69, 9.17) is 0 Å². The Morgan fingerprint density at radius 3 is 2.46 bits per heavy atom. The Bertz CT molecular complexity index is 1030. The van der Waals surface area contributed by atoms with Gasteiger partial charge < -0.3 is 10.4 Å². The molecule has 0 unspecified atom stereocenters. The first kappa shape index (κ1) is 19.0. The molecule has 0 spiro atoms. The molecule has 2 amide bonds. The number of carbonyl (C=O) groups is 2. The molecule has 0 atom stereocenters. The van der Waals surface area contributed by atoms with Crippen molar-refractivity contribution in [2.45, 2.75) is 12.8 Å². The number of carbonyl (C=O) groups excluding carboxylic acids is 2. The minimum Gasteiger partial charge on any atom is -0.507 e. The van der Waals surface area contributed by atoms with Crippen molar-refractivity contribution >= 4 is 34.5 Å². The zero-order valence-corrected chi connectivity index (χ0v) is 14.9. The van der Waals surface area contributed by atoms with Crippen LogP contribution >= 0.6 is 0 Å². The fourth-order valence-electron chi connectivity index (χ4n) is 2.63. The number of rotatable bonds is 6. The number of phenols is 1. The summed E-state index contributed by atoms with van der Waals surface area (Å²) in [7, 11) is 0. The summed E-state index contributed by atoms with van der Waals surface area (Å²) in [6.07, 6.45) is 1.26. The van der Waals surface area contributed by atoms with E-state index in [1.165, 1.54) is 30.5 Å². The molecule has 3 N–H and O–H groups in total. The largest absolute Gasteiger partial charge is 0.507 e. The molecule has 3 aromatic carbocycles. The molecule has 3 rings (SSSR count). The summed E-state index contributed by atoms with van der Waals surface area (Å²) in [6.45, 7) is 0. The molecule has 7 heteroatoms. The number of halogens is 1. The Balaban J connectivity index is 1.52. The summed E-state index contributed by atoms with van der Waals surface area (Å²) in [6, 6.07) is 16.2. The van der Waals surface area contributed by atoms with Gasteiger partial charge in [-0.3, -0.25) is 9.59 Å². The summed E-state index contributed by atoms with van der Waals surface area (Å²) in [5.74, 6) is -1.15. The Hall–Kier alpha value is -3.74. The second-order valence-electron chi connectivity index (χ2n) is 6.07. The van der Waals surface area contributed by atoms with Gasteiger partial charge in [-0.15, -0.1) is 0 Å². The van der Waals surface area contributed by atoms with Crippen molar-refractivity contribution in [2.24, 2.45) is 5.10 Å². The van der Waals surface area contributed by atoms with Gasteiger partial charge in [-0.2, -0.15) is 5.10 Å². The van der Waals surface area contributed by atoms with Gasteiger partial charge in [-0.1, -0.05) is 30.3 Å². The summed E-state index contributed by atoms with van der Waals surface area (Å²) in [5, 5.41) is 18.2. The number of nitrogens with one attached hydrogen (secondary N) is 2. The predicted octanol–water partition coefficient (Wildman–Crippen LogP) is 3.55. The molecule has 0 aliphatic rings. The Morgan fingerprint density at radius 2 is 1.68 bits per heavy atom. The van der Waals surface area contributed by atoms with Gasteiger partial charge in [-0.05, 0) is 41.1 Å². The molecule has 6 nitrogen and oxygen atoms in total. The first-order valence-corrected chi connectivity index (χ1v) is 8.61. The van der Waals surface area contributed by atoms with Crippen LogP contribution in [0.3, 0.4) is 0 Å². The molecule has 0 radical (unpaired) electrons. The zero-order valence-electron chi connectivity index (χ0n) is 14.9. The van der Waals surface area contributed by atoms with Crippen LogP contribution in [0.25, 0.3) is 10.8 Å². The lowest BCUT2D eigenvalue weighted by atomic mass is 10.0. The minimum absolute atomic E-state index is 0.0434. The third-order valence-electron chi connectivity index (χ3n) is 4.04. The number of phenolic OH excluding ortho intramolecular Hbond substituents is 1. The number of nitrogens with zero attached hydrogens (tertiary/aromatic N) is 1. The van der Waals surface area contributed by atoms with E-state index in [1.54, 1.807) is 12.1 Å². The number of hydrogen-bond acceptors (Lipinski definition) is 4. The van der Waals surface area contributed by atoms with Crippen LogP contribution in [-0.2, 0) is 9.59 Å². The van der Waals surface area contributed by atoms with Crippen LogP contribution in [-0.4, -0.2) is 23.1 Å². The number of fused-ring (bicyclic) bond motifs is 1. The van der Waals surface area contributed by atoms with Crippen molar-refractivity contribution < 1.29 is 19.1 Å². The maximum Gasteiger partial charge on any atom is 0.240 e. The molecule has 0 heterocycles. The van der Waals surface area contributed by atoms with E-state index in [2.05, 4.69) is 15.8 Å². The lowest BCUT2D eigenvalue weighted by molar-refractivity contribution is -0.124. The van der Waals surface area contributed by atoms with Crippen LogP contribution in [0.1, 0.15) is 18.4 Å². The van der Waals surface area contributed by atoms with E-state index in [-0.39, 0.29) is 24.5 Å². The molecule has 0 saturated heterocycles. The standard InChI is InChI=1S/C21H18FN3O3/c22-15-6-8-16(9-7-15)24-20(27)11-12-21(28)25-23-13-18-17-4-2-1-3-14(17)5-10-19(18)26/h1-10,13,26H,11-12H2,(H,24,27)(H,25,28)/b23-13+. The van der Waals surface area contributed by atoms with E-state index in [1.807, 2.05) is 24.3 Å². The number of benzene rings is 3. The number of hydrogen-bond donors (Lipinski definition) is 3. The summed E-state index contributed by atoms with van der Waals surface area (Å²) >= 11 is 0. The maximum absolute atomic E-state index is 12.8. The molecule has 0 fully saturated rings. The van der Waals surface area contributed by atoms with Gasteiger partial charge in [0.2, 0.25) is 11.8 Å². The van der Waals surface area contributed by atoms with E-state index in [9.17, 15) is 19.1 Å². The van der Waals surface area contributed by atoms with Gasteiger partial charge >= 0.3 is 0 Å². The number of hydrazone groups is 1. The lowest BCUT2D eigenvalue weighted by Crippen LogP contribution is -2.20. The highest BCUT2D eigenvalue weighted by molar-refractivity contribution is 6.02. The van der Waals surface area contributed by atoms with Gasteiger partial charge in [0.25, 0.3) is 0 Å². The van der Waals surface area contributed by atoms with Gasteiger partial charge in [0.15, 0.2) is 0 Å². The van der Waals surface area contributed by atoms with Gasteiger partial charge in [0.05, 0.1) is 6.21 Å². The van der Waals surface area contributed by atoms with Crippen LogP contribution < -0.4 is 10.7 Å². The molecular formula is C21H18FN3O3. The minimum atomic E-state index is -0.440. The van der Waals surface area contributed by atoms with Gasteiger partial charge in [-0.25, -0.2) is 9.82 Å². The molecule has 28 heavy (non-hydrogen) atoms. The predicted molar refractivity (Wildman–Crippen MR) is 106 cm³/mol. The number of amides is 2. The van der Waals surface area contributed by atoms with Crippen molar-refractivity contribution in [1.82, 2.24) is 5.43 Å². The van der Waals surface area contributed by atoms with E-state index < -0.39 is 11.7 Å². The van der Waals surface area contributed by atoms with Crippen LogP contribution in [0.5, 0.6) is 5.75 Å². The molecule has 142 valence electrons. The smallest absolute Gasteiger partial charge is 0.240 e. The first-order chi connectivity index (χ1) is 13.5. The van der Waals surface area contributed by atoms with Crippen molar-refractivity contribution in [3.8, 4) is 5.75 Å². The average Bonchev–Trinajstić information content (AvgIpc) is 2.70. The van der Waals surface area contributed by atoms with Crippen LogP contribution in [0, 0.1) is 5.82 Å². The monoisotopic (exact) mass is 379 g/mol. The molecule has 0 aliphatic heterocycles.